The van der Waals surface area contributed by atoms with Gasteiger partial charge in [-0.25, -0.2) is 8.42 Å². The number of sulfonamides is 1. The van der Waals surface area contributed by atoms with E-state index in [0.29, 0.717) is 18.8 Å². The summed E-state index contributed by atoms with van der Waals surface area (Å²) >= 11 is 6.16. The molecule has 0 saturated heterocycles. The SMILES string of the molecule is CN(CC(=O)NCCN1CCc2ccccc2C1)S(=O)(=O)c1cc2c(cc1Cl)NC(=O)CO2. The van der Waals surface area contributed by atoms with Gasteiger partial charge < -0.3 is 15.4 Å². The van der Waals surface area contributed by atoms with Crippen LogP contribution in [0.3, 0.4) is 0 Å². The van der Waals surface area contributed by atoms with Gasteiger partial charge in [-0.2, -0.15) is 4.31 Å². The van der Waals surface area contributed by atoms with Gasteiger partial charge in [-0.3, -0.25) is 14.5 Å². The van der Waals surface area contributed by atoms with E-state index in [0.717, 1.165) is 23.8 Å². The maximum absolute atomic E-state index is 13.0. The fourth-order valence-electron chi connectivity index (χ4n) is 3.89. The molecule has 0 unspecified atom stereocenters. The molecule has 0 saturated carbocycles. The molecular weight excluding hydrogens is 468 g/mol. The van der Waals surface area contributed by atoms with Crippen LogP contribution < -0.4 is 15.4 Å². The number of ether oxygens (including phenoxy) is 1. The van der Waals surface area contributed by atoms with Gasteiger partial charge in [-0.15, -0.1) is 0 Å². The molecule has 2 heterocycles. The Morgan fingerprint density at radius 3 is 2.82 bits per heavy atom. The second kappa shape index (κ2) is 9.68. The van der Waals surface area contributed by atoms with Crippen LogP contribution in [-0.2, 0) is 32.6 Å². The lowest BCUT2D eigenvalue weighted by Crippen LogP contribution is -2.42. The molecule has 2 aliphatic rings. The molecule has 176 valence electrons. The molecule has 0 radical (unpaired) electrons. The Hall–Kier alpha value is -2.66. The van der Waals surface area contributed by atoms with E-state index in [1.54, 1.807) is 0 Å². The summed E-state index contributed by atoms with van der Waals surface area (Å²) in [5.41, 5.74) is 2.96. The summed E-state index contributed by atoms with van der Waals surface area (Å²) in [4.78, 5) is 25.9. The Kier molecular flexibility index (Phi) is 6.89. The van der Waals surface area contributed by atoms with Crippen LogP contribution in [0.2, 0.25) is 5.02 Å². The lowest BCUT2D eigenvalue weighted by Gasteiger charge is -2.28. The number of carbonyl (C=O) groups is 2. The van der Waals surface area contributed by atoms with Crippen molar-refractivity contribution in [2.24, 2.45) is 0 Å². The van der Waals surface area contributed by atoms with Crippen LogP contribution in [-0.4, -0.2) is 69.3 Å². The number of nitrogens with zero attached hydrogens (tertiary/aromatic N) is 2. The van der Waals surface area contributed by atoms with E-state index in [2.05, 4.69) is 27.7 Å². The van der Waals surface area contributed by atoms with Crippen molar-refractivity contribution < 1.29 is 22.7 Å². The summed E-state index contributed by atoms with van der Waals surface area (Å²) in [5, 5.41) is 5.29. The fourth-order valence-corrected chi connectivity index (χ4v) is 5.53. The number of carbonyl (C=O) groups excluding carboxylic acids is 2. The van der Waals surface area contributed by atoms with Crippen molar-refractivity contribution in [3.63, 3.8) is 0 Å². The topological polar surface area (TPSA) is 108 Å². The third-order valence-corrected chi connectivity index (χ3v) is 7.95. The number of halogens is 1. The normalized spacial score (nSPS) is 15.9. The van der Waals surface area contributed by atoms with Crippen LogP contribution in [0.1, 0.15) is 11.1 Å². The molecule has 0 fully saturated rings. The molecular formula is C22H25ClN4O5S. The summed E-state index contributed by atoms with van der Waals surface area (Å²) in [7, 11) is -2.74. The second-order valence-corrected chi connectivity index (χ2v) is 10.4. The minimum atomic E-state index is -4.05. The van der Waals surface area contributed by atoms with Gasteiger partial charge in [0.15, 0.2) is 6.61 Å². The monoisotopic (exact) mass is 492 g/mol. The molecule has 2 aromatic carbocycles. The van der Waals surface area contributed by atoms with Gasteiger partial charge in [-0.1, -0.05) is 35.9 Å². The van der Waals surface area contributed by atoms with E-state index in [9.17, 15) is 18.0 Å². The quantitative estimate of drug-likeness (QED) is 0.606. The number of amides is 2. The largest absolute Gasteiger partial charge is 0.482 e. The van der Waals surface area contributed by atoms with Crippen molar-refractivity contribution in [1.29, 1.82) is 0 Å². The van der Waals surface area contributed by atoms with Crippen LogP contribution in [0.5, 0.6) is 5.75 Å². The molecule has 9 nitrogen and oxygen atoms in total. The molecule has 0 spiro atoms. The van der Waals surface area contributed by atoms with Crippen LogP contribution in [0, 0.1) is 0 Å². The Labute approximate surface area is 197 Å². The highest BCUT2D eigenvalue weighted by Gasteiger charge is 2.29. The number of fused-ring (bicyclic) bond motifs is 2. The average Bonchev–Trinajstić information content (AvgIpc) is 2.78. The van der Waals surface area contributed by atoms with Gasteiger partial charge in [0.25, 0.3) is 5.91 Å². The molecule has 2 N–H and O–H groups in total. The highest BCUT2D eigenvalue weighted by atomic mass is 35.5. The maximum Gasteiger partial charge on any atom is 0.262 e. The molecule has 11 heteroatoms. The van der Waals surface area contributed by atoms with E-state index >= 15 is 0 Å². The first-order valence-electron chi connectivity index (χ1n) is 10.5. The molecule has 2 amide bonds. The molecule has 0 bridgehead atoms. The zero-order chi connectivity index (χ0) is 23.6. The van der Waals surface area contributed by atoms with Crippen LogP contribution in [0.25, 0.3) is 0 Å². The highest BCUT2D eigenvalue weighted by Crippen LogP contribution is 2.36. The van der Waals surface area contributed by atoms with Crippen molar-refractivity contribution >= 4 is 39.1 Å². The van der Waals surface area contributed by atoms with Crippen molar-refractivity contribution in [3.8, 4) is 5.75 Å². The van der Waals surface area contributed by atoms with Gasteiger partial charge in [0.1, 0.15) is 10.6 Å². The Morgan fingerprint density at radius 2 is 2.03 bits per heavy atom. The number of likely N-dealkylation sites (N-methyl/N-ethyl adjacent to an activating group) is 1. The number of rotatable bonds is 7. The first-order chi connectivity index (χ1) is 15.7. The predicted molar refractivity (Wildman–Crippen MR) is 124 cm³/mol. The zero-order valence-electron chi connectivity index (χ0n) is 18.1. The number of nitrogens with one attached hydrogen (secondary N) is 2. The standard InChI is InChI=1S/C22H25ClN4O5S/c1-26(33(30,31)20-11-19-18(10-17(20)23)25-22(29)14-32-19)13-21(28)24-7-9-27-8-6-15-4-2-3-5-16(15)12-27/h2-5,10-11H,6-9,12-14H2,1H3,(H,24,28)(H,25,29). The number of benzene rings is 2. The maximum atomic E-state index is 13.0. The van der Waals surface area contributed by atoms with Crippen molar-refractivity contribution in [2.45, 2.75) is 17.9 Å². The van der Waals surface area contributed by atoms with Gasteiger partial charge in [0, 0.05) is 39.3 Å². The molecule has 4 rings (SSSR count). The Balaban J connectivity index is 1.32. The smallest absolute Gasteiger partial charge is 0.262 e. The van der Waals surface area contributed by atoms with E-state index in [-0.39, 0.29) is 34.7 Å². The van der Waals surface area contributed by atoms with Gasteiger partial charge in [-0.05, 0) is 23.6 Å². The molecule has 0 aliphatic carbocycles. The summed E-state index contributed by atoms with van der Waals surface area (Å²) in [6, 6.07) is 10.9. The van der Waals surface area contributed by atoms with Crippen LogP contribution in [0.15, 0.2) is 41.3 Å². The predicted octanol–water partition coefficient (Wildman–Crippen LogP) is 1.47. The van der Waals surface area contributed by atoms with Gasteiger partial charge in [0.05, 0.1) is 17.3 Å². The fraction of sp³-hybridized carbons (Fsp3) is 0.364. The molecule has 0 aromatic heterocycles. The molecule has 33 heavy (non-hydrogen) atoms. The first kappa shape index (κ1) is 23.5. The Morgan fingerprint density at radius 1 is 1.27 bits per heavy atom. The van der Waals surface area contributed by atoms with E-state index in [1.807, 2.05) is 12.1 Å². The van der Waals surface area contributed by atoms with Crippen LogP contribution in [0.4, 0.5) is 5.69 Å². The van der Waals surface area contributed by atoms with E-state index in [1.165, 1.54) is 30.3 Å². The lowest BCUT2D eigenvalue weighted by atomic mass is 10.00. The summed E-state index contributed by atoms with van der Waals surface area (Å²) in [6.07, 6.45) is 0.972. The number of anilines is 1. The highest BCUT2D eigenvalue weighted by molar-refractivity contribution is 7.89. The minimum absolute atomic E-state index is 0.0720. The molecule has 2 aromatic rings. The average molecular weight is 493 g/mol. The number of hydrogen-bond donors (Lipinski definition) is 2. The molecule has 0 atom stereocenters. The third-order valence-electron chi connectivity index (χ3n) is 5.68. The third kappa shape index (κ3) is 5.30. The van der Waals surface area contributed by atoms with Gasteiger partial charge in [0.2, 0.25) is 15.9 Å². The summed E-state index contributed by atoms with van der Waals surface area (Å²) in [5.74, 6) is -0.550. The molecule has 2 aliphatic heterocycles. The minimum Gasteiger partial charge on any atom is -0.482 e. The van der Waals surface area contributed by atoms with Crippen LogP contribution >= 0.6 is 11.6 Å². The Bertz CT molecular complexity index is 1190. The van der Waals surface area contributed by atoms with Crippen molar-refractivity contribution in [3.05, 3.63) is 52.5 Å². The van der Waals surface area contributed by atoms with Crippen molar-refractivity contribution in [1.82, 2.24) is 14.5 Å². The summed E-state index contributed by atoms with van der Waals surface area (Å²) in [6.45, 7) is 2.28. The summed E-state index contributed by atoms with van der Waals surface area (Å²) < 4.78 is 32.2. The second-order valence-electron chi connectivity index (χ2n) is 8.02. The van der Waals surface area contributed by atoms with Crippen molar-refractivity contribution in [2.75, 3.05) is 45.2 Å². The number of hydrogen-bond acceptors (Lipinski definition) is 6. The van der Waals surface area contributed by atoms with E-state index < -0.39 is 15.9 Å². The lowest BCUT2D eigenvalue weighted by molar-refractivity contribution is -0.121. The first-order valence-corrected chi connectivity index (χ1v) is 12.3. The van der Waals surface area contributed by atoms with E-state index in [4.69, 9.17) is 16.3 Å². The van der Waals surface area contributed by atoms with Gasteiger partial charge >= 0.3 is 0 Å². The zero-order valence-corrected chi connectivity index (χ0v) is 19.7.